The number of rotatable bonds is 9. The second-order valence-corrected chi connectivity index (χ2v) is 6.30. The number of carboxylic acids is 1. The molecule has 0 saturated heterocycles. The summed E-state index contributed by atoms with van der Waals surface area (Å²) < 4.78 is 10.9. The molecule has 0 aliphatic rings. The zero-order chi connectivity index (χ0) is 19.9. The Morgan fingerprint density at radius 3 is 2.54 bits per heavy atom. The molecule has 0 amide bonds. The van der Waals surface area contributed by atoms with Gasteiger partial charge in [-0.05, 0) is 49.2 Å². The molecule has 1 aromatic heterocycles. The monoisotopic (exact) mass is 381 g/mol. The van der Waals surface area contributed by atoms with Crippen molar-refractivity contribution in [2.75, 3.05) is 25.7 Å². The summed E-state index contributed by atoms with van der Waals surface area (Å²) in [5.74, 6) is 0.719. The molecule has 28 heavy (non-hydrogen) atoms. The molecule has 146 valence electrons. The van der Waals surface area contributed by atoms with E-state index in [0.717, 1.165) is 28.2 Å². The molecule has 1 heterocycles. The summed E-state index contributed by atoms with van der Waals surface area (Å²) in [7, 11) is 3.57. The van der Waals surface area contributed by atoms with Crippen LogP contribution in [0.3, 0.4) is 0 Å². The number of ether oxygens (including phenoxy) is 2. The number of para-hydroxylation sites is 1. The Kier molecular flexibility index (Phi) is 6.26. The fourth-order valence-corrected chi connectivity index (χ4v) is 2.83. The summed E-state index contributed by atoms with van der Waals surface area (Å²) >= 11 is 0. The quantitative estimate of drug-likeness (QED) is 0.560. The average molecular weight is 381 g/mol. The first kappa shape index (κ1) is 19.4. The topological polar surface area (TPSA) is 84.8 Å². The van der Waals surface area contributed by atoms with Gasteiger partial charge in [0.2, 0.25) is 0 Å². The molecule has 3 rings (SSSR count). The average Bonchev–Trinajstić information content (AvgIpc) is 2.72. The summed E-state index contributed by atoms with van der Waals surface area (Å²) in [5, 5.41) is 9.62. The van der Waals surface area contributed by atoms with Gasteiger partial charge in [-0.2, -0.15) is 9.97 Å². The van der Waals surface area contributed by atoms with Crippen LogP contribution in [-0.2, 0) is 4.79 Å². The number of hydrogen-bond donors (Lipinski definition) is 1. The normalized spacial score (nSPS) is 10.6. The van der Waals surface area contributed by atoms with E-state index in [1.54, 1.807) is 7.11 Å². The first-order valence-electron chi connectivity index (χ1n) is 9.07. The molecule has 0 saturated carbocycles. The summed E-state index contributed by atoms with van der Waals surface area (Å²) in [5.41, 5.74) is 1.74. The Labute approximate surface area is 163 Å². The molecule has 7 nitrogen and oxygen atoms in total. The van der Waals surface area contributed by atoms with Gasteiger partial charge in [0.25, 0.3) is 0 Å². The number of aliphatic carboxylic acids is 1. The fourth-order valence-electron chi connectivity index (χ4n) is 2.83. The van der Waals surface area contributed by atoms with E-state index < -0.39 is 5.97 Å². The lowest BCUT2D eigenvalue weighted by Crippen LogP contribution is -2.13. The Morgan fingerprint density at radius 1 is 1.07 bits per heavy atom. The minimum atomic E-state index is -0.801. The molecule has 0 bridgehead atoms. The number of nitrogens with zero attached hydrogens (tertiary/aromatic N) is 3. The van der Waals surface area contributed by atoms with Crippen LogP contribution in [0.5, 0.6) is 11.8 Å². The van der Waals surface area contributed by atoms with Gasteiger partial charge in [0, 0.05) is 24.5 Å². The van der Waals surface area contributed by atoms with Gasteiger partial charge >= 0.3 is 12.0 Å². The van der Waals surface area contributed by atoms with Gasteiger partial charge in [-0.25, -0.2) is 0 Å². The number of anilines is 2. The van der Waals surface area contributed by atoms with Crippen molar-refractivity contribution in [3.05, 3.63) is 48.5 Å². The van der Waals surface area contributed by atoms with Crippen LogP contribution in [0.25, 0.3) is 10.9 Å². The number of fused-ring (bicyclic) bond motifs is 1. The van der Waals surface area contributed by atoms with E-state index in [4.69, 9.17) is 14.6 Å². The van der Waals surface area contributed by atoms with Gasteiger partial charge in [0.15, 0.2) is 0 Å². The predicted octanol–water partition coefficient (Wildman–Crippen LogP) is 4.04. The molecule has 0 aliphatic carbocycles. The van der Waals surface area contributed by atoms with Crippen LogP contribution in [0.1, 0.15) is 19.3 Å². The number of carbonyl (C=O) groups is 1. The van der Waals surface area contributed by atoms with Crippen molar-refractivity contribution in [1.82, 2.24) is 9.97 Å². The largest absolute Gasteiger partial charge is 0.497 e. The summed E-state index contributed by atoms with van der Waals surface area (Å²) in [6, 6.07) is 15.8. The molecule has 0 aliphatic heterocycles. The number of methoxy groups -OCH3 is 1. The first-order chi connectivity index (χ1) is 13.6. The molecule has 7 heteroatoms. The molecule has 0 spiro atoms. The maximum absolute atomic E-state index is 10.6. The van der Waals surface area contributed by atoms with E-state index >= 15 is 0 Å². The molecule has 1 N–H and O–H groups in total. The van der Waals surface area contributed by atoms with Crippen molar-refractivity contribution < 1.29 is 19.4 Å². The summed E-state index contributed by atoms with van der Waals surface area (Å²) in [6.45, 7) is 0.372. The zero-order valence-electron chi connectivity index (χ0n) is 16.0. The van der Waals surface area contributed by atoms with Crippen LogP contribution < -0.4 is 14.4 Å². The van der Waals surface area contributed by atoms with Crippen molar-refractivity contribution in [2.24, 2.45) is 0 Å². The third-order valence-electron chi connectivity index (χ3n) is 4.36. The smallest absolute Gasteiger partial charge is 0.318 e. The minimum Gasteiger partial charge on any atom is -0.497 e. The van der Waals surface area contributed by atoms with E-state index in [1.807, 2.05) is 60.5 Å². The fraction of sp³-hybridized carbons (Fsp3) is 0.286. The highest BCUT2D eigenvalue weighted by molar-refractivity contribution is 5.91. The van der Waals surface area contributed by atoms with E-state index in [1.165, 1.54) is 0 Å². The number of unbranched alkanes of at least 4 members (excludes halogenated alkanes) is 1. The van der Waals surface area contributed by atoms with E-state index in [9.17, 15) is 4.79 Å². The summed E-state index contributed by atoms with van der Waals surface area (Å²) in [4.78, 5) is 21.6. The highest BCUT2D eigenvalue weighted by atomic mass is 16.5. The minimum absolute atomic E-state index is 0.132. The van der Waals surface area contributed by atoms with Crippen molar-refractivity contribution in [1.29, 1.82) is 0 Å². The van der Waals surface area contributed by atoms with Crippen LogP contribution in [0.4, 0.5) is 11.5 Å². The van der Waals surface area contributed by atoms with Crippen molar-refractivity contribution in [3.8, 4) is 11.8 Å². The first-order valence-corrected chi connectivity index (χ1v) is 9.07. The maximum atomic E-state index is 10.6. The second kappa shape index (κ2) is 9.03. The zero-order valence-corrected chi connectivity index (χ0v) is 16.0. The van der Waals surface area contributed by atoms with E-state index in [0.29, 0.717) is 19.4 Å². The number of benzene rings is 2. The van der Waals surface area contributed by atoms with Gasteiger partial charge in [-0.1, -0.05) is 12.1 Å². The van der Waals surface area contributed by atoms with Crippen LogP contribution in [-0.4, -0.2) is 41.8 Å². The van der Waals surface area contributed by atoms with Crippen LogP contribution in [0, 0.1) is 0 Å². The number of hydrogen-bond acceptors (Lipinski definition) is 6. The third-order valence-corrected chi connectivity index (χ3v) is 4.36. The van der Waals surface area contributed by atoms with Crippen molar-refractivity contribution in [3.63, 3.8) is 0 Å². The van der Waals surface area contributed by atoms with Gasteiger partial charge in [-0.3, -0.25) is 4.79 Å². The maximum Gasteiger partial charge on any atom is 0.318 e. The lowest BCUT2D eigenvalue weighted by atomic mass is 10.2. The van der Waals surface area contributed by atoms with Crippen LogP contribution in [0.15, 0.2) is 48.5 Å². The Morgan fingerprint density at radius 2 is 1.82 bits per heavy atom. The standard InChI is InChI=1S/C21H23N3O4/c1-24(15-10-12-16(27-2)13-11-15)20-17-7-3-4-8-18(17)22-21(23-20)28-14-6-5-9-19(25)26/h3-4,7-8,10-13H,5-6,9,14H2,1-2H3,(H,25,26). The van der Waals surface area contributed by atoms with Gasteiger partial charge < -0.3 is 19.5 Å². The lowest BCUT2D eigenvalue weighted by molar-refractivity contribution is -0.137. The number of aromatic nitrogens is 2. The molecular formula is C21H23N3O4. The molecular weight excluding hydrogens is 358 g/mol. The Balaban J connectivity index is 1.84. The Hall–Kier alpha value is -3.35. The third kappa shape index (κ3) is 4.68. The Bertz CT molecular complexity index is 944. The van der Waals surface area contributed by atoms with Crippen LogP contribution in [0.2, 0.25) is 0 Å². The van der Waals surface area contributed by atoms with E-state index in [2.05, 4.69) is 9.97 Å². The van der Waals surface area contributed by atoms with Gasteiger partial charge in [0.1, 0.15) is 11.6 Å². The predicted molar refractivity (Wildman–Crippen MR) is 108 cm³/mol. The molecule has 0 atom stereocenters. The van der Waals surface area contributed by atoms with Crippen molar-refractivity contribution >= 4 is 28.4 Å². The molecule has 0 radical (unpaired) electrons. The summed E-state index contributed by atoms with van der Waals surface area (Å²) in [6.07, 6.45) is 1.32. The molecule has 0 unspecified atom stereocenters. The van der Waals surface area contributed by atoms with Crippen molar-refractivity contribution in [2.45, 2.75) is 19.3 Å². The molecule has 2 aromatic carbocycles. The molecule has 3 aromatic rings. The highest BCUT2D eigenvalue weighted by Gasteiger charge is 2.14. The SMILES string of the molecule is COc1ccc(N(C)c2nc(OCCCCC(=O)O)nc3ccccc23)cc1. The lowest BCUT2D eigenvalue weighted by Gasteiger charge is -2.21. The van der Waals surface area contributed by atoms with Gasteiger partial charge in [-0.15, -0.1) is 0 Å². The number of carboxylic acid groups (broad SMARTS) is 1. The highest BCUT2D eigenvalue weighted by Crippen LogP contribution is 2.31. The molecule has 0 fully saturated rings. The van der Waals surface area contributed by atoms with Crippen LogP contribution >= 0.6 is 0 Å². The van der Waals surface area contributed by atoms with E-state index in [-0.39, 0.29) is 12.4 Å². The van der Waals surface area contributed by atoms with Gasteiger partial charge in [0.05, 0.1) is 19.2 Å². The second-order valence-electron chi connectivity index (χ2n) is 6.30.